The molecule has 0 amide bonds. The van der Waals surface area contributed by atoms with Crippen LogP contribution in [0.5, 0.6) is 0 Å². The quantitative estimate of drug-likeness (QED) is 0.872. The van der Waals surface area contributed by atoms with E-state index in [0.717, 1.165) is 36.2 Å². The molecule has 2 heterocycles. The molecule has 1 N–H and O–H groups in total. The first kappa shape index (κ1) is 16.9. The largest absolute Gasteiger partial charge is 0.315 e. The molecule has 0 bridgehead atoms. The molecule has 120 valence electrons. The Bertz CT molecular complexity index is 589. The molecule has 0 radical (unpaired) electrons. The summed E-state index contributed by atoms with van der Waals surface area (Å²) in [6.45, 7) is 8.36. The summed E-state index contributed by atoms with van der Waals surface area (Å²) in [5.41, 5.74) is 1.23. The average molecular weight is 331 g/mol. The maximum Gasteiger partial charge on any atom is 0.252 e. The van der Waals surface area contributed by atoms with Crippen molar-refractivity contribution in [2.24, 2.45) is 5.41 Å². The van der Waals surface area contributed by atoms with Crippen LogP contribution in [0.4, 0.5) is 0 Å². The Morgan fingerprint density at radius 2 is 2.05 bits per heavy atom. The van der Waals surface area contributed by atoms with E-state index in [4.69, 9.17) is 0 Å². The van der Waals surface area contributed by atoms with E-state index in [1.807, 2.05) is 20.0 Å². The molecule has 0 aliphatic carbocycles. The van der Waals surface area contributed by atoms with Gasteiger partial charge in [0.2, 0.25) is 0 Å². The number of thiophene rings is 1. The molecule has 0 atom stereocenters. The van der Waals surface area contributed by atoms with E-state index in [2.05, 4.69) is 19.2 Å². The standard InChI is InChI=1S/C15H26N2O2S2/c1-5-15(6-2)7-8-17(11-15)21(18,19)14-9-12(3)13(20-14)10-16-4/h9,16H,5-8,10-11H2,1-4H3. The number of hydrogen-bond donors (Lipinski definition) is 1. The third kappa shape index (κ3) is 3.18. The lowest BCUT2D eigenvalue weighted by Gasteiger charge is -2.26. The van der Waals surface area contributed by atoms with Crippen molar-refractivity contribution in [1.29, 1.82) is 0 Å². The Hall–Kier alpha value is -0.430. The number of sulfonamides is 1. The monoisotopic (exact) mass is 330 g/mol. The van der Waals surface area contributed by atoms with Crippen LogP contribution in [0.15, 0.2) is 10.3 Å². The summed E-state index contributed by atoms with van der Waals surface area (Å²) in [5.74, 6) is 0. The van der Waals surface area contributed by atoms with Crippen molar-refractivity contribution in [3.05, 3.63) is 16.5 Å². The van der Waals surface area contributed by atoms with Crippen molar-refractivity contribution < 1.29 is 8.42 Å². The van der Waals surface area contributed by atoms with Crippen LogP contribution < -0.4 is 5.32 Å². The van der Waals surface area contributed by atoms with Gasteiger partial charge < -0.3 is 5.32 Å². The van der Waals surface area contributed by atoms with Crippen LogP contribution in [0.3, 0.4) is 0 Å². The SMILES string of the molecule is CCC1(CC)CCN(S(=O)(=O)c2cc(C)c(CNC)s2)C1. The highest BCUT2D eigenvalue weighted by Crippen LogP contribution is 2.40. The molecule has 21 heavy (non-hydrogen) atoms. The zero-order chi connectivity index (χ0) is 15.7. The van der Waals surface area contributed by atoms with Crippen molar-refractivity contribution in [2.75, 3.05) is 20.1 Å². The molecule has 1 fully saturated rings. The fourth-order valence-electron chi connectivity index (χ4n) is 3.01. The third-order valence-electron chi connectivity index (χ3n) is 4.83. The van der Waals surface area contributed by atoms with E-state index in [1.54, 1.807) is 4.31 Å². The van der Waals surface area contributed by atoms with Crippen LogP contribution in [0.25, 0.3) is 0 Å². The molecule has 0 aromatic carbocycles. The highest BCUT2D eigenvalue weighted by molar-refractivity contribution is 7.91. The fourth-order valence-corrected chi connectivity index (χ4v) is 6.32. The zero-order valence-corrected chi connectivity index (χ0v) is 15.0. The highest BCUT2D eigenvalue weighted by atomic mass is 32.2. The Labute approximate surface area is 132 Å². The van der Waals surface area contributed by atoms with Crippen LogP contribution in [0, 0.1) is 12.3 Å². The minimum atomic E-state index is -3.33. The van der Waals surface area contributed by atoms with Gasteiger partial charge in [-0.2, -0.15) is 4.31 Å². The van der Waals surface area contributed by atoms with Crippen LogP contribution in [0.1, 0.15) is 43.6 Å². The van der Waals surface area contributed by atoms with Gasteiger partial charge >= 0.3 is 0 Å². The summed E-state index contributed by atoms with van der Waals surface area (Å²) in [6.07, 6.45) is 3.07. The molecule has 4 nitrogen and oxygen atoms in total. The van der Waals surface area contributed by atoms with Crippen molar-refractivity contribution in [2.45, 2.75) is 50.8 Å². The molecule has 1 aromatic rings. The van der Waals surface area contributed by atoms with Crippen molar-refractivity contribution in [1.82, 2.24) is 9.62 Å². The van der Waals surface area contributed by atoms with Gasteiger partial charge in [0.15, 0.2) is 0 Å². The number of rotatable bonds is 6. The molecule has 1 aromatic heterocycles. The van der Waals surface area contributed by atoms with Gasteiger partial charge in [0.05, 0.1) is 0 Å². The van der Waals surface area contributed by atoms with E-state index in [-0.39, 0.29) is 5.41 Å². The lowest BCUT2D eigenvalue weighted by Crippen LogP contribution is -2.31. The summed E-state index contributed by atoms with van der Waals surface area (Å²) in [7, 11) is -1.45. The molecule has 1 saturated heterocycles. The second-order valence-corrected chi connectivity index (χ2v) is 9.30. The maximum atomic E-state index is 12.8. The van der Waals surface area contributed by atoms with E-state index >= 15 is 0 Å². The first-order chi connectivity index (χ1) is 9.88. The van der Waals surface area contributed by atoms with E-state index in [9.17, 15) is 8.42 Å². The Kier molecular flexibility index (Phi) is 5.13. The van der Waals surface area contributed by atoms with Gasteiger partial charge in [-0.05, 0) is 50.3 Å². The average Bonchev–Trinajstić information content (AvgIpc) is 3.05. The maximum absolute atomic E-state index is 12.8. The second kappa shape index (κ2) is 6.36. The molecule has 1 aliphatic heterocycles. The molecular formula is C15H26N2O2S2. The van der Waals surface area contributed by atoms with Gasteiger partial charge in [-0.1, -0.05) is 13.8 Å². The lowest BCUT2D eigenvalue weighted by atomic mass is 9.82. The first-order valence-corrected chi connectivity index (χ1v) is 9.88. The second-order valence-electron chi connectivity index (χ2n) is 6.00. The van der Waals surface area contributed by atoms with Crippen LogP contribution in [-0.2, 0) is 16.6 Å². The predicted octanol–water partition coefficient (Wildman–Crippen LogP) is 2.98. The van der Waals surface area contributed by atoms with Gasteiger partial charge in [-0.25, -0.2) is 8.42 Å². The summed E-state index contributed by atoms with van der Waals surface area (Å²) in [6, 6.07) is 1.82. The molecule has 2 rings (SSSR count). The summed E-state index contributed by atoms with van der Waals surface area (Å²) in [4.78, 5) is 1.10. The minimum Gasteiger partial charge on any atom is -0.315 e. The minimum absolute atomic E-state index is 0.174. The number of aryl methyl sites for hydroxylation is 1. The molecule has 0 spiro atoms. The number of nitrogens with zero attached hydrogens (tertiary/aromatic N) is 1. The number of hydrogen-bond acceptors (Lipinski definition) is 4. The van der Waals surface area contributed by atoms with E-state index in [0.29, 0.717) is 17.3 Å². The van der Waals surface area contributed by atoms with Gasteiger partial charge in [-0.3, -0.25) is 0 Å². The smallest absolute Gasteiger partial charge is 0.252 e. The predicted molar refractivity (Wildman–Crippen MR) is 88.2 cm³/mol. The first-order valence-electron chi connectivity index (χ1n) is 7.62. The topological polar surface area (TPSA) is 49.4 Å². The molecule has 6 heteroatoms. The zero-order valence-electron chi connectivity index (χ0n) is 13.4. The molecule has 1 aliphatic rings. The molecular weight excluding hydrogens is 304 g/mol. The third-order valence-corrected chi connectivity index (χ3v) is 8.36. The Morgan fingerprint density at radius 1 is 1.38 bits per heavy atom. The lowest BCUT2D eigenvalue weighted by molar-refractivity contribution is 0.280. The van der Waals surface area contributed by atoms with Crippen molar-refractivity contribution >= 4 is 21.4 Å². The summed E-state index contributed by atoms with van der Waals surface area (Å²) < 4.78 is 27.9. The fraction of sp³-hybridized carbons (Fsp3) is 0.733. The van der Waals surface area contributed by atoms with E-state index < -0.39 is 10.0 Å². The van der Waals surface area contributed by atoms with Gasteiger partial charge in [-0.15, -0.1) is 11.3 Å². The van der Waals surface area contributed by atoms with Gasteiger partial charge in [0.1, 0.15) is 4.21 Å². The normalized spacial score (nSPS) is 19.2. The molecule has 0 saturated carbocycles. The van der Waals surface area contributed by atoms with Crippen LogP contribution >= 0.6 is 11.3 Å². The Morgan fingerprint density at radius 3 is 2.57 bits per heavy atom. The van der Waals surface area contributed by atoms with Gasteiger partial charge in [0.25, 0.3) is 10.0 Å². The Balaban J connectivity index is 2.25. The van der Waals surface area contributed by atoms with Crippen LogP contribution in [-0.4, -0.2) is 32.9 Å². The number of nitrogens with one attached hydrogen (secondary N) is 1. The van der Waals surface area contributed by atoms with Gasteiger partial charge in [0, 0.05) is 24.5 Å². The van der Waals surface area contributed by atoms with Crippen LogP contribution in [0.2, 0.25) is 0 Å². The van der Waals surface area contributed by atoms with Crippen molar-refractivity contribution in [3.8, 4) is 0 Å². The highest BCUT2D eigenvalue weighted by Gasteiger charge is 2.41. The van der Waals surface area contributed by atoms with E-state index in [1.165, 1.54) is 11.3 Å². The summed E-state index contributed by atoms with van der Waals surface area (Å²) in [5, 5.41) is 3.09. The summed E-state index contributed by atoms with van der Waals surface area (Å²) >= 11 is 1.40. The molecule has 0 unspecified atom stereocenters. The van der Waals surface area contributed by atoms with Crippen molar-refractivity contribution in [3.63, 3.8) is 0 Å².